The molecule has 0 saturated carbocycles. The van der Waals surface area contributed by atoms with Crippen LogP contribution in [0, 0.1) is 0 Å². The van der Waals surface area contributed by atoms with Crippen molar-refractivity contribution in [1.82, 2.24) is 0 Å². The Bertz CT molecular complexity index is 2560. The number of rotatable bonds is 79. The number of carbonyl (C=O) groups excluding carboxylic acids is 4. The van der Waals surface area contributed by atoms with Crippen molar-refractivity contribution in [2.75, 3.05) is 39.6 Å². The number of allylic oxidation sites excluding steroid dienone is 22. The molecule has 0 aromatic rings. The fraction of sp³-hybridized carbons (Fsp3) is 0.708. The van der Waals surface area contributed by atoms with Crippen molar-refractivity contribution in [3.8, 4) is 0 Å². The van der Waals surface area contributed by atoms with Crippen molar-refractivity contribution < 1.29 is 80.2 Å². The number of esters is 4. The second-order valence-electron chi connectivity index (χ2n) is 28.0. The summed E-state index contributed by atoms with van der Waals surface area (Å²) in [5, 5.41) is 10.7. The number of ether oxygens (including phenoxy) is 4. The molecule has 108 heavy (non-hydrogen) atoms. The fourth-order valence-electron chi connectivity index (χ4n) is 11.2. The van der Waals surface area contributed by atoms with E-state index in [1.54, 1.807) is 0 Å². The van der Waals surface area contributed by atoms with Crippen LogP contribution in [-0.4, -0.2) is 96.7 Å². The minimum Gasteiger partial charge on any atom is -0.462 e. The third kappa shape index (κ3) is 79.3. The number of aliphatic hydroxyl groups excluding tert-OH is 1. The molecule has 0 fully saturated rings. The van der Waals surface area contributed by atoms with Gasteiger partial charge in [-0.2, -0.15) is 0 Å². The molecule has 0 bridgehead atoms. The maximum Gasteiger partial charge on any atom is 0.472 e. The summed E-state index contributed by atoms with van der Waals surface area (Å²) < 4.78 is 68.7. The van der Waals surface area contributed by atoms with E-state index in [0.29, 0.717) is 32.1 Å². The number of phosphoric ester groups is 2. The molecule has 17 nitrogen and oxygen atoms in total. The highest BCUT2D eigenvalue weighted by Crippen LogP contribution is 2.45. The molecular formula is C89H152O17P2. The van der Waals surface area contributed by atoms with Crippen molar-refractivity contribution in [2.24, 2.45) is 0 Å². The van der Waals surface area contributed by atoms with Gasteiger partial charge in [0, 0.05) is 25.7 Å². The lowest BCUT2D eigenvalue weighted by Gasteiger charge is -2.21. The van der Waals surface area contributed by atoms with Gasteiger partial charge in [-0.1, -0.05) is 322 Å². The lowest BCUT2D eigenvalue weighted by molar-refractivity contribution is -0.161. The van der Waals surface area contributed by atoms with Crippen LogP contribution >= 0.6 is 15.6 Å². The van der Waals surface area contributed by atoms with Gasteiger partial charge in [0.15, 0.2) is 12.2 Å². The minimum atomic E-state index is -5.00. The standard InChI is InChI=1S/C89H152O17P2/c1-5-9-13-17-21-25-29-33-37-39-41-43-47-50-54-58-62-66-70-74-87(92)100-80-84(105-88(93)75-71-67-63-59-55-51-46-36-32-28-24-20-16-12-8-4)81-103-107(95,96)101-77-83(90)78-102-108(97,98)104-82-85(79-99-86(91)73-69-65-61-57-53-49-45-35-31-27-23-19-15-11-7-3)106-89(94)76-72-68-64-60-56-52-48-44-42-40-38-34-30-26-22-18-14-10-6-2/h9,13,21-22,25-27,31,33-34,37-38,41-44,50,52,54,56,64,68,83-85,90H,5-8,10-12,14-20,23-24,28-30,32,35-36,39-40,45-49,51,53,55,57-63,65-67,69-82H2,1-4H3,(H,95,96)(H,97,98)/b13-9-,25-21-,26-22-,31-27-,37-33-,38-34-,43-41-,44-42-,54-50-,56-52-,68-64-/t83-,84-,85-/m1/s1. The zero-order valence-electron chi connectivity index (χ0n) is 68.0. The van der Waals surface area contributed by atoms with E-state index in [4.69, 9.17) is 37.0 Å². The maximum atomic E-state index is 13.1. The van der Waals surface area contributed by atoms with Crippen molar-refractivity contribution in [3.05, 3.63) is 134 Å². The van der Waals surface area contributed by atoms with Gasteiger partial charge in [-0.15, -0.1) is 0 Å². The first-order valence-electron chi connectivity index (χ1n) is 42.4. The predicted molar refractivity (Wildman–Crippen MR) is 445 cm³/mol. The zero-order valence-corrected chi connectivity index (χ0v) is 69.8. The van der Waals surface area contributed by atoms with Gasteiger partial charge in [-0.05, 0) is 135 Å². The van der Waals surface area contributed by atoms with Gasteiger partial charge in [0.1, 0.15) is 19.3 Å². The Morgan fingerprint density at radius 2 is 0.500 bits per heavy atom. The third-order valence-corrected chi connectivity index (χ3v) is 19.5. The van der Waals surface area contributed by atoms with E-state index in [0.717, 1.165) is 148 Å². The quantitative estimate of drug-likeness (QED) is 0.0169. The van der Waals surface area contributed by atoms with Crippen molar-refractivity contribution >= 4 is 39.5 Å². The minimum absolute atomic E-state index is 0.0313. The molecule has 3 N–H and O–H groups in total. The first kappa shape index (κ1) is 103. The zero-order chi connectivity index (χ0) is 78.9. The number of carbonyl (C=O) groups is 4. The predicted octanol–water partition coefficient (Wildman–Crippen LogP) is 25.2. The van der Waals surface area contributed by atoms with Gasteiger partial charge in [0.2, 0.25) is 0 Å². The third-order valence-electron chi connectivity index (χ3n) is 17.6. The maximum absolute atomic E-state index is 13.1. The first-order valence-corrected chi connectivity index (χ1v) is 45.4. The molecule has 0 radical (unpaired) electrons. The summed E-state index contributed by atoms with van der Waals surface area (Å²) in [6.45, 7) is 4.64. The molecule has 0 aromatic carbocycles. The van der Waals surface area contributed by atoms with E-state index in [-0.39, 0.29) is 25.7 Å². The fourth-order valence-corrected chi connectivity index (χ4v) is 12.7. The number of hydrogen-bond donors (Lipinski definition) is 3. The Hall–Kier alpha value is -4.80. The SMILES string of the molecule is CC/C=C\C/C=C\C/C=C\C/C=C\C/C=C\CCCCCC(=O)OC[C@H](COP(=O)(O)OC[C@@H](O)COP(=O)(O)OC[C@@H](COC(=O)CCCCCCCCC/C=C\CCCCCC)OC(=O)CC/C=C\C/C=C\C/C=C\C/C=C\C/C=C\CCCCC)OC(=O)CCCCCCCCCCCCCCCCC. The van der Waals surface area contributed by atoms with Crippen LogP contribution in [0.25, 0.3) is 0 Å². The van der Waals surface area contributed by atoms with Crippen LogP contribution in [0.3, 0.4) is 0 Å². The summed E-state index contributed by atoms with van der Waals surface area (Å²) in [7, 11) is -10.00. The van der Waals surface area contributed by atoms with Gasteiger partial charge < -0.3 is 33.8 Å². The summed E-state index contributed by atoms with van der Waals surface area (Å²) in [4.78, 5) is 73.2. The number of hydrogen-bond acceptors (Lipinski definition) is 15. The molecule has 0 aromatic heterocycles. The molecule has 5 atom stereocenters. The molecule has 0 saturated heterocycles. The molecule has 0 rings (SSSR count). The van der Waals surface area contributed by atoms with Crippen LogP contribution in [-0.2, 0) is 65.4 Å². The first-order chi connectivity index (χ1) is 52.7. The summed E-state index contributed by atoms with van der Waals surface area (Å²) in [6, 6.07) is 0. The van der Waals surface area contributed by atoms with Crippen LogP contribution in [0.15, 0.2) is 134 Å². The topological polar surface area (TPSA) is 237 Å². The molecule has 0 aliphatic heterocycles. The molecule has 0 spiro atoms. The summed E-state index contributed by atoms with van der Waals surface area (Å²) in [5.74, 6) is -2.30. The smallest absolute Gasteiger partial charge is 0.462 e. The summed E-state index contributed by atoms with van der Waals surface area (Å²) in [6.07, 6.45) is 91.4. The average molecular weight is 1560 g/mol. The second-order valence-corrected chi connectivity index (χ2v) is 30.9. The molecule has 0 aliphatic carbocycles. The normalized spacial score (nSPS) is 14.5. The molecule has 0 heterocycles. The van der Waals surface area contributed by atoms with Gasteiger partial charge in [-0.25, -0.2) is 9.13 Å². The summed E-state index contributed by atoms with van der Waals surface area (Å²) >= 11 is 0. The Kier molecular flexibility index (Phi) is 76.7. The second kappa shape index (κ2) is 80.3. The van der Waals surface area contributed by atoms with E-state index in [1.165, 1.54) is 116 Å². The van der Waals surface area contributed by atoms with Gasteiger partial charge in [0.25, 0.3) is 0 Å². The highest BCUT2D eigenvalue weighted by molar-refractivity contribution is 7.47. The van der Waals surface area contributed by atoms with Crippen LogP contribution < -0.4 is 0 Å². The van der Waals surface area contributed by atoms with Crippen LogP contribution in [0.2, 0.25) is 0 Å². The van der Waals surface area contributed by atoms with Gasteiger partial charge in [0.05, 0.1) is 26.4 Å². The number of phosphoric acid groups is 2. The average Bonchev–Trinajstić information content (AvgIpc) is 0.914. The molecule has 19 heteroatoms. The highest BCUT2D eigenvalue weighted by Gasteiger charge is 2.30. The Balaban J connectivity index is 5.46. The van der Waals surface area contributed by atoms with Crippen molar-refractivity contribution in [2.45, 2.75) is 367 Å². The molecule has 620 valence electrons. The lowest BCUT2D eigenvalue weighted by atomic mass is 10.0. The van der Waals surface area contributed by atoms with Crippen LogP contribution in [0.4, 0.5) is 0 Å². The van der Waals surface area contributed by atoms with Crippen molar-refractivity contribution in [3.63, 3.8) is 0 Å². The Morgan fingerprint density at radius 3 is 0.843 bits per heavy atom. The van der Waals surface area contributed by atoms with E-state index < -0.39 is 97.5 Å². The van der Waals surface area contributed by atoms with E-state index >= 15 is 0 Å². The van der Waals surface area contributed by atoms with Gasteiger partial charge >= 0.3 is 39.5 Å². The molecule has 2 unspecified atom stereocenters. The summed E-state index contributed by atoms with van der Waals surface area (Å²) in [5.41, 5.74) is 0. The van der Waals surface area contributed by atoms with Gasteiger partial charge in [-0.3, -0.25) is 37.3 Å². The van der Waals surface area contributed by atoms with Crippen LogP contribution in [0.1, 0.15) is 349 Å². The largest absolute Gasteiger partial charge is 0.472 e. The van der Waals surface area contributed by atoms with E-state index in [9.17, 15) is 43.2 Å². The van der Waals surface area contributed by atoms with E-state index in [1.807, 2.05) is 18.2 Å². The molecule has 0 amide bonds. The van der Waals surface area contributed by atoms with E-state index in [2.05, 4.69) is 143 Å². The Morgan fingerprint density at radius 1 is 0.269 bits per heavy atom. The molecular weight excluding hydrogens is 1400 g/mol. The highest BCUT2D eigenvalue weighted by atomic mass is 31.2. The lowest BCUT2D eigenvalue weighted by Crippen LogP contribution is -2.30. The monoisotopic (exact) mass is 1560 g/mol. The number of unbranched alkanes of at least 4 members (excludes halogenated alkanes) is 31. The Labute approximate surface area is 656 Å². The molecule has 0 aliphatic rings. The van der Waals surface area contributed by atoms with Crippen LogP contribution in [0.5, 0.6) is 0 Å². The number of aliphatic hydroxyl groups is 1. The van der Waals surface area contributed by atoms with Crippen molar-refractivity contribution in [1.29, 1.82) is 0 Å².